The maximum Gasteiger partial charge on any atom is 0.295 e. The van der Waals surface area contributed by atoms with Crippen molar-refractivity contribution in [1.29, 1.82) is 0 Å². The quantitative estimate of drug-likeness (QED) is 0.779. The van der Waals surface area contributed by atoms with Gasteiger partial charge in [-0.25, -0.2) is 0 Å². The molecule has 0 atom stereocenters. The molecule has 0 spiro atoms. The number of methoxy groups -OCH3 is 1. The SMILES string of the molecule is COCCN(Cc1ccccn1)C(=O)c1nn[nH]n1. The molecule has 19 heavy (non-hydrogen) atoms. The minimum atomic E-state index is -0.309. The summed E-state index contributed by atoms with van der Waals surface area (Å²) in [6.45, 7) is 1.23. The van der Waals surface area contributed by atoms with Gasteiger partial charge in [0.15, 0.2) is 0 Å². The third-order valence-corrected chi connectivity index (χ3v) is 2.47. The summed E-state index contributed by atoms with van der Waals surface area (Å²) in [6, 6.07) is 5.54. The number of ether oxygens (including phenoxy) is 1. The molecule has 0 aliphatic carbocycles. The Balaban J connectivity index is 2.09. The van der Waals surface area contributed by atoms with Crippen molar-refractivity contribution >= 4 is 5.91 Å². The predicted molar refractivity (Wildman–Crippen MR) is 65.0 cm³/mol. The van der Waals surface area contributed by atoms with Crippen molar-refractivity contribution in [3.05, 3.63) is 35.9 Å². The lowest BCUT2D eigenvalue weighted by Crippen LogP contribution is -2.34. The number of tetrazole rings is 1. The van der Waals surface area contributed by atoms with Crippen molar-refractivity contribution in [2.45, 2.75) is 6.54 Å². The second-order valence-electron chi connectivity index (χ2n) is 3.78. The molecular weight excluding hydrogens is 248 g/mol. The molecule has 0 aromatic carbocycles. The summed E-state index contributed by atoms with van der Waals surface area (Å²) in [5, 5.41) is 13.0. The Morgan fingerprint density at radius 1 is 1.47 bits per heavy atom. The van der Waals surface area contributed by atoms with Crippen LogP contribution in [0.25, 0.3) is 0 Å². The molecule has 100 valence electrons. The largest absolute Gasteiger partial charge is 0.383 e. The van der Waals surface area contributed by atoms with Gasteiger partial charge in [0.1, 0.15) is 0 Å². The Kier molecular flexibility index (Phi) is 4.51. The standard InChI is InChI=1S/C11H14N6O2/c1-19-7-6-17(8-9-4-2-3-5-12-9)11(18)10-13-15-16-14-10/h2-5H,6-8H2,1H3,(H,13,14,15,16). The average molecular weight is 262 g/mol. The molecule has 2 aromatic rings. The van der Waals surface area contributed by atoms with Gasteiger partial charge in [-0.1, -0.05) is 6.07 Å². The van der Waals surface area contributed by atoms with Crippen molar-refractivity contribution in [3.8, 4) is 0 Å². The van der Waals surface area contributed by atoms with E-state index in [4.69, 9.17) is 4.74 Å². The highest BCUT2D eigenvalue weighted by atomic mass is 16.5. The van der Waals surface area contributed by atoms with Crippen LogP contribution in [0.1, 0.15) is 16.3 Å². The van der Waals surface area contributed by atoms with Crippen LogP contribution >= 0.6 is 0 Å². The number of aromatic amines is 1. The molecular formula is C11H14N6O2. The number of pyridine rings is 1. The molecule has 2 aromatic heterocycles. The zero-order valence-corrected chi connectivity index (χ0v) is 10.5. The molecule has 8 nitrogen and oxygen atoms in total. The lowest BCUT2D eigenvalue weighted by Gasteiger charge is -2.20. The van der Waals surface area contributed by atoms with E-state index in [1.54, 1.807) is 18.2 Å². The molecule has 2 heterocycles. The minimum Gasteiger partial charge on any atom is -0.383 e. The van der Waals surface area contributed by atoms with Crippen molar-refractivity contribution < 1.29 is 9.53 Å². The summed E-state index contributed by atoms with van der Waals surface area (Å²) >= 11 is 0. The Hall–Kier alpha value is -2.35. The van der Waals surface area contributed by atoms with Crippen LogP contribution in [0.15, 0.2) is 24.4 Å². The molecule has 0 saturated heterocycles. The Bertz CT molecular complexity index is 501. The van der Waals surface area contributed by atoms with Gasteiger partial charge < -0.3 is 9.64 Å². The Morgan fingerprint density at radius 3 is 3.00 bits per heavy atom. The third-order valence-electron chi connectivity index (χ3n) is 2.47. The Labute approximate surface area is 109 Å². The lowest BCUT2D eigenvalue weighted by molar-refractivity contribution is 0.0666. The number of nitrogens with one attached hydrogen (secondary N) is 1. The van der Waals surface area contributed by atoms with Crippen LogP contribution in [-0.2, 0) is 11.3 Å². The van der Waals surface area contributed by atoms with Crippen LogP contribution in [0.4, 0.5) is 0 Å². The molecule has 0 aliphatic rings. The number of H-pyrrole nitrogens is 1. The first-order valence-electron chi connectivity index (χ1n) is 5.73. The molecule has 2 rings (SSSR count). The van der Waals surface area contributed by atoms with E-state index in [2.05, 4.69) is 25.6 Å². The van der Waals surface area contributed by atoms with Crippen LogP contribution in [0.2, 0.25) is 0 Å². The smallest absolute Gasteiger partial charge is 0.295 e. The van der Waals surface area contributed by atoms with E-state index in [0.29, 0.717) is 19.7 Å². The molecule has 0 radical (unpaired) electrons. The van der Waals surface area contributed by atoms with Gasteiger partial charge in [0.2, 0.25) is 0 Å². The number of hydrogen-bond donors (Lipinski definition) is 1. The van der Waals surface area contributed by atoms with E-state index >= 15 is 0 Å². The summed E-state index contributed by atoms with van der Waals surface area (Å²) < 4.78 is 5.00. The fraction of sp³-hybridized carbons (Fsp3) is 0.364. The van der Waals surface area contributed by atoms with E-state index in [0.717, 1.165) is 5.69 Å². The molecule has 1 amide bonds. The monoisotopic (exact) mass is 262 g/mol. The van der Waals surface area contributed by atoms with Gasteiger partial charge >= 0.3 is 0 Å². The molecule has 0 unspecified atom stereocenters. The van der Waals surface area contributed by atoms with Crippen LogP contribution in [0.5, 0.6) is 0 Å². The second kappa shape index (κ2) is 6.55. The summed E-state index contributed by atoms with van der Waals surface area (Å²) in [6.07, 6.45) is 1.68. The van der Waals surface area contributed by atoms with Crippen LogP contribution < -0.4 is 0 Å². The van der Waals surface area contributed by atoms with E-state index in [1.165, 1.54) is 0 Å². The number of aromatic nitrogens is 5. The first-order valence-corrected chi connectivity index (χ1v) is 5.73. The number of rotatable bonds is 6. The summed E-state index contributed by atoms with van der Waals surface area (Å²) in [5.41, 5.74) is 0.787. The van der Waals surface area contributed by atoms with Crippen LogP contribution in [0.3, 0.4) is 0 Å². The van der Waals surface area contributed by atoms with Crippen LogP contribution in [-0.4, -0.2) is 56.7 Å². The lowest BCUT2D eigenvalue weighted by atomic mass is 10.3. The summed E-state index contributed by atoms with van der Waals surface area (Å²) in [4.78, 5) is 17.9. The van der Waals surface area contributed by atoms with Gasteiger partial charge in [0.25, 0.3) is 11.7 Å². The van der Waals surface area contributed by atoms with E-state index in [9.17, 15) is 4.79 Å². The first-order chi connectivity index (χ1) is 9.31. The highest BCUT2D eigenvalue weighted by Gasteiger charge is 2.20. The number of carbonyl (C=O) groups excluding carboxylic acids is 1. The number of carbonyl (C=O) groups is 1. The van der Waals surface area contributed by atoms with Gasteiger partial charge in [0.05, 0.1) is 18.8 Å². The van der Waals surface area contributed by atoms with Crippen molar-refractivity contribution in [3.63, 3.8) is 0 Å². The van der Waals surface area contributed by atoms with Gasteiger partial charge in [0, 0.05) is 19.9 Å². The summed E-state index contributed by atoms with van der Waals surface area (Å²) in [5.74, 6) is -0.275. The zero-order chi connectivity index (χ0) is 13.5. The number of nitrogens with zero attached hydrogens (tertiary/aromatic N) is 5. The van der Waals surface area contributed by atoms with Gasteiger partial charge in [-0.3, -0.25) is 9.78 Å². The van der Waals surface area contributed by atoms with Gasteiger partial charge in [-0.15, -0.1) is 10.2 Å². The number of hydrogen-bond acceptors (Lipinski definition) is 6. The minimum absolute atomic E-state index is 0.0343. The first kappa shape index (κ1) is 13.1. The number of amides is 1. The fourth-order valence-electron chi connectivity index (χ4n) is 1.53. The van der Waals surface area contributed by atoms with Crippen molar-refractivity contribution in [2.75, 3.05) is 20.3 Å². The molecule has 0 aliphatic heterocycles. The highest BCUT2D eigenvalue weighted by molar-refractivity contribution is 5.90. The van der Waals surface area contributed by atoms with Crippen molar-refractivity contribution in [1.82, 2.24) is 30.5 Å². The normalized spacial score (nSPS) is 10.4. The predicted octanol–water partition coefficient (Wildman–Crippen LogP) is -0.116. The molecule has 0 fully saturated rings. The topological polar surface area (TPSA) is 96.9 Å². The molecule has 0 bridgehead atoms. The second-order valence-corrected chi connectivity index (χ2v) is 3.78. The fourth-order valence-corrected chi connectivity index (χ4v) is 1.53. The average Bonchev–Trinajstić information content (AvgIpc) is 2.98. The van der Waals surface area contributed by atoms with Crippen molar-refractivity contribution in [2.24, 2.45) is 0 Å². The summed E-state index contributed by atoms with van der Waals surface area (Å²) in [7, 11) is 1.58. The third kappa shape index (κ3) is 3.55. The zero-order valence-electron chi connectivity index (χ0n) is 10.5. The Morgan fingerprint density at radius 2 is 2.37 bits per heavy atom. The van der Waals surface area contributed by atoms with Gasteiger partial charge in [-0.05, 0) is 17.3 Å². The molecule has 0 saturated carbocycles. The maximum absolute atomic E-state index is 12.2. The van der Waals surface area contributed by atoms with E-state index < -0.39 is 0 Å². The molecule has 1 N–H and O–H groups in total. The molecule has 8 heteroatoms. The maximum atomic E-state index is 12.2. The van der Waals surface area contributed by atoms with Gasteiger partial charge in [-0.2, -0.15) is 5.21 Å². The highest BCUT2D eigenvalue weighted by Crippen LogP contribution is 2.04. The van der Waals surface area contributed by atoms with Crippen LogP contribution in [0, 0.1) is 0 Å². The van der Waals surface area contributed by atoms with E-state index in [1.807, 2.05) is 18.2 Å². The van der Waals surface area contributed by atoms with E-state index in [-0.39, 0.29) is 11.7 Å².